The summed E-state index contributed by atoms with van der Waals surface area (Å²) in [6.45, 7) is 1.33. The van der Waals surface area contributed by atoms with E-state index in [1.54, 1.807) is 18.6 Å². The minimum Gasteiger partial charge on any atom is -0.347 e. The molecule has 0 spiro atoms. The second-order valence-corrected chi connectivity index (χ2v) is 8.88. The predicted octanol–water partition coefficient (Wildman–Crippen LogP) is 4.08. The van der Waals surface area contributed by atoms with Crippen LogP contribution in [0.1, 0.15) is 34.8 Å². The first-order valence-electron chi connectivity index (χ1n) is 11.7. The van der Waals surface area contributed by atoms with Crippen LogP contribution in [0.2, 0.25) is 0 Å². The number of benzene rings is 1. The van der Waals surface area contributed by atoms with Gasteiger partial charge < -0.3 is 9.80 Å². The van der Waals surface area contributed by atoms with Crippen molar-refractivity contribution in [2.24, 2.45) is 0 Å². The molecule has 35 heavy (non-hydrogen) atoms. The Balaban J connectivity index is 1.40. The zero-order chi connectivity index (χ0) is 24.2. The predicted molar refractivity (Wildman–Crippen MR) is 135 cm³/mol. The molecule has 1 aliphatic rings. The highest BCUT2D eigenvalue weighted by atomic mass is 16.2. The fraction of sp³-hybridized carbons (Fsp3) is 0.259. The van der Waals surface area contributed by atoms with Crippen molar-refractivity contribution < 1.29 is 4.79 Å². The molecule has 8 nitrogen and oxygen atoms in total. The third-order valence-electron chi connectivity index (χ3n) is 6.25. The summed E-state index contributed by atoms with van der Waals surface area (Å²) in [5, 5.41) is 0. The number of aromatic nitrogens is 5. The molecule has 0 radical (unpaired) electrons. The van der Waals surface area contributed by atoms with Crippen LogP contribution in [0.3, 0.4) is 0 Å². The molecular weight excluding hydrogens is 438 g/mol. The molecule has 5 rings (SSSR count). The van der Waals surface area contributed by atoms with Crippen molar-refractivity contribution in [3.05, 3.63) is 84.8 Å². The number of anilines is 1. The second kappa shape index (κ2) is 9.97. The van der Waals surface area contributed by atoms with Crippen molar-refractivity contribution >= 4 is 11.9 Å². The Morgan fingerprint density at radius 2 is 1.74 bits per heavy atom. The average molecular weight is 466 g/mol. The number of likely N-dealkylation sites (tertiary alicyclic amines) is 1. The van der Waals surface area contributed by atoms with Crippen LogP contribution in [-0.2, 0) is 0 Å². The van der Waals surface area contributed by atoms with Crippen molar-refractivity contribution in [3.63, 3.8) is 0 Å². The van der Waals surface area contributed by atoms with Gasteiger partial charge in [-0.05, 0) is 30.5 Å². The van der Waals surface area contributed by atoms with E-state index in [-0.39, 0.29) is 11.8 Å². The Morgan fingerprint density at radius 3 is 2.46 bits per heavy atom. The zero-order valence-corrected chi connectivity index (χ0v) is 19.9. The van der Waals surface area contributed by atoms with Crippen LogP contribution >= 0.6 is 0 Å². The Kier molecular flexibility index (Phi) is 6.43. The van der Waals surface area contributed by atoms with Crippen LogP contribution in [0.4, 0.5) is 5.95 Å². The second-order valence-electron chi connectivity index (χ2n) is 8.88. The number of amides is 1. The molecule has 0 N–H and O–H groups in total. The van der Waals surface area contributed by atoms with Gasteiger partial charge in [0.2, 0.25) is 5.95 Å². The lowest BCUT2D eigenvalue weighted by Gasteiger charge is -2.33. The topological polar surface area (TPSA) is 88.0 Å². The molecule has 3 aromatic heterocycles. The maximum Gasteiger partial charge on any atom is 0.255 e. The van der Waals surface area contributed by atoms with Gasteiger partial charge in [0.25, 0.3) is 5.91 Å². The first-order valence-corrected chi connectivity index (χ1v) is 11.7. The Hall–Kier alpha value is -4.20. The van der Waals surface area contributed by atoms with Crippen molar-refractivity contribution in [3.8, 4) is 22.4 Å². The van der Waals surface area contributed by atoms with Crippen molar-refractivity contribution in [1.29, 1.82) is 0 Å². The summed E-state index contributed by atoms with van der Waals surface area (Å²) in [5.74, 6) is 0.785. The molecule has 1 fully saturated rings. The molecule has 4 heterocycles. The van der Waals surface area contributed by atoms with E-state index >= 15 is 0 Å². The minimum atomic E-state index is -0.0128. The molecule has 176 valence electrons. The maximum absolute atomic E-state index is 13.4. The molecule has 1 amide bonds. The summed E-state index contributed by atoms with van der Waals surface area (Å²) in [6.07, 6.45) is 10.3. The molecule has 8 heteroatoms. The van der Waals surface area contributed by atoms with E-state index < -0.39 is 0 Å². The molecule has 0 bridgehead atoms. The first kappa shape index (κ1) is 22.6. The number of carbonyl (C=O) groups excluding carboxylic acids is 1. The molecule has 1 aliphatic heterocycles. The number of piperidine rings is 1. The Labute approximate surface area is 204 Å². The van der Waals surface area contributed by atoms with Gasteiger partial charge in [-0.2, -0.15) is 0 Å². The highest BCUT2D eigenvalue weighted by Crippen LogP contribution is 2.34. The largest absolute Gasteiger partial charge is 0.347 e. The molecule has 1 unspecified atom stereocenters. The third kappa shape index (κ3) is 4.87. The zero-order valence-electron chi connectivity index (χ0n) is 19.9. The van der Waals surface area contributed by atoms with Gasteiger partial charge in [-0.15, -0.1) is 0 Å². The third-order valence-corrected chi connectivity index (χ3v) is 6.25. The monoisotopic (exact) mass is 465 g/mol. The highest BCUT2D eigenvalue weighted by Gasteiger charge is 2.29. The van der Waals surface area contributed by atoms with Gasteiger partial charge >= 0.3 is 0 Å². The molecule has 0 aliphatic carbocycles. The quantitative estimate of drug-likeness (QED) is 0.439. The normalized spacial score (nSPS) is 15.6. The molecule has 0 saturated carbocycles. The molecule has 4 aromatic rings. The Bertz CT molecular complexity index is 1290. The van der Waals surface area contributed by atoms with Gasteiger partial charge in [0, 0.05) is 69.0 Å². The van der Waals surface area contributed by atoms with E-state index in [1.165, 1.54) is 6.33 Å². The fourth-order valence-electron chi connectivity index (χ4n) is 4.44. The van der Waals surface area contributed by atoms with Crippen LogP contribution in [-0.4, -0.2) is 62.9 Å². The highest BCUT2D eigenvalue weighted by molar-refractivity contribution is 5.94. The summed E-state index contributed by atoms with van der Waals surface area (Å²) >= 11 is 0. The minimum absolute atomic E-state index is 0.0128. The van der Waals surface area contributed by atoms with Gasteiger partial charge in [-0.1, -0.05) is 30.3 Å². The maximum atomic E-state index is 13.4. The summed E-state index contributed by atoms with van der Waals surface area (Å²) in [7, 11) is 3.88. The fourth-order valence-corrected chi connectivity index (χ4v) is 4.44. The average Bonchev–Trinajstić information content (AvgIpc) is 2.93. The number of carbonyl (C=O) groups is 1. The van der Waals surface area contributed by atoms with E-state index in [1.807, 2.05) is 60.4 Å². The van der Waals surface area contributed by atoms with Gasteiger partial charge in [-0.3, -0.25) is 9.78 Å². The smallest absolute Gasteiger partial charge is 0.255 e. The van der Waals surface area contributed by atoms with Gasteiger partial charge in [0.1, 0.15) is 6.33 Å². The van der Waals surface area contributed by atoms with Crippen molar-refractivity contribution in [2.75, 3.05) is 32.1 Å². The van der Waals surface area contributed by atoms with E-state index in [0.29, 0.717) is 18.1 Å². The number of hydrogen-bond donors (Lipinski definition) is 0. The Morgan fingerprint density at radius 1 is 0.943 bits per heavy atom. The lowest BCUT2D eigenvalue weighted by Crippen LogP contribution is -2.39. The number of nitrogens with zero attached hydrogens (tertiary/aromatic N) is 7. The van der Waals surface area contributed by atoms with Crippen LogP contribution in [0.15, 0.2) is 73.6 Å². The summed E-state index contributed by atoms with van der Waals surface area (Å²) in [4.78, 5) is 39.2. The number of hydrogen-bond acceptors (Lipinski definition) is 7. The van der Waals surface area contributed by atoms with Crippen LogP contribution < -0.4 is 4.90 Å². The molecule has 1 atom stereocenters. The van der Waals surface area contributed by atoms with Gasteiger partial charge in [-0.25, -0.2) is 19.9 Å². The summed E-state index contributed by atoms with van der Waals surface area (Å²) in [5.41, 5.74) is 5.23. The van der Waals surface area contributed by atoms with Crippen molar-refractivity contribution in [1.82, 2.24) is 29.8 Å². The lowest BCUT2D eigenvalue weighted by molar-refractivity contribution is 0.0705. The standard InChI is InChI=1S/C27H27N7O/c1-33(2)27-31-16-23(19-7-4-3-5-8-19)25(32-27)21-9-6-12-34(17-21)26(35)20-10-11-24(30-15-20)22-13-28-18-29-14-22/h3-5,7-8,10-11,13-16,18,21H,6,9,12,17H2,1-2H3. The van der Waals surface area contributed by atoms with Crippen LogP contribution in [0.25, 0.3) is 22.4 Å². The van der Waals surface area contributed by atoms with E-state index in [4.69, 9.17) is 4.98 Å². The molecule has 1 saturated heterocycles. The number of rotatable bonds is 5. The SMILES string of the molecule is CN(C)c1ncc(-c2ccccc2)c(C2CCCN(C(=O)c3ccc(-c4cncnc4)nc3)C2)n1. The summed E-state index contributed by atoms with van der Waals surface area (Å²) in [6, 6.07) is 13.9. The number of pyridine rings is 1. The van der Waals surface area contributed by atoms with Gasteiger partial charge in [0.15, 0.2) is 0 Å². The van der Waals surface area contributed by atoms with Gasteiger partial charge in [0.05, 0.1) is 17.0 Å². The van der Waals surface area contributed by atoms with Crippen molar-refractivity contribution in [2.45, 2.75) is 18.8 Å². The first-order chi connectivity index (χ1) is 17.1. The molecule has 1 aromatic carbocycles. The van der Waals surface area contributed by atoms with E-state index in [2.05, 4.69) is 32.1 Å². The van der Waals surface area contributed by atoms with E-state index in [0.717, 1.165) is 47.5 Å². The van der Waals surface area contributed by atoms with E-state index in [9.17, 15) is 4.79 Å². The molecular formula is C27H27N7O. The van der Waals surface area contributed by atoms with Crippen LogP contribution in [0, 0.1) is 0 Å². The summed E-state index contributed by atoms with van der Waals surface area (Å²) < 4.78 is 0. The lowest BCUT2D eigenvalue weighted by atomic mass is 9.89. The van der Waals surface area contributed by atoms with Crippen LogP contribution in [0.5, 0.6) is 0 Å².